The van der Waals surface area contributed by atoms with Gasteiger partial charge in [0.25, 0.3) is 5.91 Å². The maximum atomic E-state index is 12.4. The van der Waals surface area contributed by atoms with Crippen LogP contribution < -0.4 is 5.73 Å². The van der Waals surface area contributed by atoms with Crippen LogP contribution in [0.2, 0.25) is 0 Å². The van der Waals surface area contributed by atoms with E-state index >= 15 is 0 Å². The van der Waals surface area contributed by atoms with Crippen molar-refractivity contribution in [2.75, 3.05) is 18.8 Å². The normalized spacial score (nSPS) is 14.2. The number of aromatic nitrogens is 1. The van der Waals surface area contributed by atoms with E-state index in [2.05, 4.69) is 6.07 Å². The van der Waals surface area contributed by atoms with Gasteiger partial charge in [0.05, 0.1) is 18.2 Å². The lowest BCUT2D eigenvalue weighted by Crippen LogP contribution is -2.33. The van der Waals surface area contributed by atoms with Crippen LogP contribution in [0, 0.1) is 11.3 Å². The highest BCUT2D eigenvalue weighted by molar-refractivity contribution is 5.94. The SMILES string of the molecule is CCN(CCC#N)C(=O)c1cc(N)cn1C1CC1. The molecular formula is C13H18N4O. The van der Waals surface area contributed by atoms with E-state index in [1.165, 1.54) is 0 Å². The Morgan fingerprint density at radius 1 is 1.67 bits per heavy atom. The van der Waals surface area contributed by atoms with Crippen molar-refractivity contribution in [1.29, 1.82) is 5.26 Å². The third-order valence-corrected chi connectivity index (χ3v) is 3.19. The van der Waals surface area contributed by atoms with Crippen molar-refractivity contribution in [2.24, 2.45) is 0 Å². The summed E-state index contributed by atoms with van der Waals surface area (Å²) in [7, 11) is 0. The molecule has 18 heavy (non-hydrogen) atoms. The van der Waals surface area contributed by atoms with E-state index in [4.69, 9.17) is 11.0 Å². The highest BCUT2D eigenvalue weighted by atomic mass is 16.2. The van der Waals surface area contributed by atoms with Gasteiger partial charge in [-0.2, -0.15) is 5.26 Å². The van der Waals surface area contributed by atoms with Gasteiger partial charge in [-0.25, -0.2) is 0 Å². The smallest absolute Gasteiger partial charge is 0.270 e. The van der Waals surface area contributed by atoms with Crippen LogP contribution >= 0.6 is 0 Å². The Hall–Kier alpha value is -1.96. The fraction of sp³-hybridized carbons (Fsp3) is 0.538. The molecule has 0 saturated heterocycles. The van der Waals surface area contributed by atoms with Gasteiger partial charge in [0.15, 0.2) is 0 Å². The minimum Gasteiger partial charge on any atom is -0.397 e. The van der Waals surface area contributed by atoms with E-state index in [0.717, 1.165) is 12.8 Å². The number of nitrogen functional groups attached to an aromatic ring is 1. The zero-order valence-electron chi connectivity index (χ0n) is 10.6. The average Bonchev–Trinajstić information content (AvgIpc) is 3.13. The summed E-state index contributed by atoms with van der Waals surface area (Å²) in [5.74, 6) is -0.0312. The first-order chi connectivity index (χ1) is 8.67. The number of rotatable bonds is 5. The molecule has 1 heterocycles. The Labute approximate surface area is 107 Å². The van der Waals surface area contributed by atoms with Crippen LogP contribution in [0.15, 0.2) is 12.3 Å². The predicted molar refractivity (Wildman–Crippen MR) is 68.9 cm³/mol. The van der Waals surface area contributed by atoms with E-state index in [-0.39, 0.29) is 5.91 Å². The van der Waals surface area contributed by atoms with E-state index in [0.29, 0.717) is 36.9 Å². The summed E-state index contributed by atoms with van der Waals surface area (Å²) in [6.45, 7) is 3.00. The van der Waals surface area contributed by atoms with Crippen molar-refractivity contribution in [3.63, 3.8) is 0 Å². The van der Waals surface area contributed by atoms with Crippen molar-refractivity contribution in [3.05, 3.63) is 18.0 Å². The van der Waals surface area contributed by atoms with Gasteiger partial charge in [-0.15, -0.1) is 0 Å². The number of nitrogens with two attached hydrogens (primary N) is 1. The van der Waals surface area contributed by atoms with Gasteiger partial charge in [-0.1, -0.05) is 0 Å². The summed E-state index contributed by atoms with van der Waals surface area (Å²) in [6, 6.07) is 4.23. The standard InChI is InChI=1S/C13H18N4O/c1-2-16(7-3-6-14)13(18)12-8-10(15)9-17(12)11-4-5-11/h8-9,11H,2-5,7,15H2,1H3. The van der Waals surface area contributed by atoms with Crippen LogP contribution in [0.5, 0.6) is 0 Å². The van der Waals surface area contributed by atoms with Gasteiger partial charge in [0.1, 0.15) is 5.69 Å². The predicted octanol–water partition coefficient (Wildman–Crippen LogP) is 1.78. The second-order valence-corrected chi connectivity index (χ2v) is 4.59. The lowest BCUT2D eigenvalue weighted by Gasteiger charge is -2.20. The molecule has 0 spiro atoms. The summed E-state index contributed by atoms with van der Waals surface area (Å²) in [5.41, 5.74) is 7.06. The molecule has 2 rings (SSSR count). The van der Waals surface area contributed by atoms with Crippen molar-refractivity contribution in [3.8, 4) is 6.07 Å². The molecule has 0 radical (unpaired) electrons. The third kappa shape index (κ3) is 2.48. The maximum absolute atomic E-state index is 12.4. The van der Waals surface area contributed by atoms with Gasteiger partial charge < -0.3 is 15.2 Å². The first-order valence-electron chi connectivity index (χ1n) is 6.31. The number of hydrogen-bond acceptors (Lipinski definition) is 3. The Morgan fingerprint density at radius 2 is 2.39 bits per heavy atom. The van der Waals surface area contributed by atoms with Crippen LogP contribution in [0.3, 0.4) is 0 Å². The fourth-order valence-electron chi connectivity index (χ4n) is 2.08. The molecule has 2 N–H and O–H groups in total. The number of nitriles is 1. The summed E-state index contributed by atoms with van der Waals surface area (Å²) >= 11 is 0. The van der Waals surface area contributed by atoms with E-state index in [1.54, 1.807) is 11.0 Å². The zero-order valence-corrected chi connectivity index (χ0v) is 10.6. The average molecular weight is 246 g/mol. The van der Waals surface area contributed by atoms with Crippen LogP contribution in [0.1, 0.15) is 42.7 Å². The third-order valence-electron chi connectivity index (χ3n) is 3.19. The molecule has 0 bridgehead atoms. The van der Waals surface area contributed by atoms with Crippen molar-refractivity contribution in [2.45, 2.75) is 32.2 Å². The molecule has 96 valence electrons. The van der Waals surface area contributed by atoms with Crippen molar-refractivity contribution in [1.82, 2.24) is 9.47 Å². The lowest BCUT2D eigenvalue weighted by molar-refractivity contribution is 0.0757. The molecule has 1 fully saturated rings. The van der Waals surface area contributed by atoms with Crippen molar-refractivity contribution >= 4 is 11.6 Å². The zero-order chi connectivity index (χ0) is 13.1. The molecule has 0 unspecified atom stereocenters. The van der Waals surface area contributed by atoms with Gasteiger partial charge in [-0.05, 0) is 25.8 Å². The van der Waals surface area contributed by atoms with Crippen LogP contribution in [0.25, 0.3) is 0 Å². The maximum Gasteiger partial charge on any atom is 0.270 e. The summed E-state index contributed by atoms with van der Waals surface area (Å²) < 4.78 is 1.98. The number of carbonyl (C=O) groups excluding carboxylic acids is 1. The molecule has 0 aromatic carbocycles. The Kier molecular flexibility index (Phi) is 3.56. The molecule has 1 aliphatic carbocycles. The number of amides is 1. The molecule has 0 aliphatic heterocycles. The fourth-order valence-corrected chi connectivity index (χ4v) is 2.08. The van der Waals surface area contributed by atoms with Gasteiger partial charge in [0, 0.05) is 25.3 Å². The highest BCUT2D eigenvalue weighted by Gasteiger charge is 2.29. The number of carbonyl (C=O) groups is 1. The molecule has 5 heteroatoms. The minimum absolute atomic E-state index is 0.0312. The number of nitrogens with zero attached hydrogens (tertiary/aromatic N) is 3. The van der Waals surface area contributed by atoms with Crippen LogP contribution in [-0.4, -0.2) is 28.5 Å². The largest absolute Gasteiger partial charge is 0.397 e. The summed E-state index contributed by atoms with van der Waals surface area (Å²) in [6.07, 6.45) is 4.42. The van der Waals surface area contributed by atoms with Gasteiger partial charge in [-0.3, -0.25) is 4.79 Å². The van der Waals surface area contributed by atoms with Crippen LogP contribution in [-0.2, 0) is 0 Å². The molecular weight excluding hydrogens is 228 g/mol. The minimum atomic E-state index is -0.0312. The van der Waals surface area contributed by atoms with Crippen LogP contribution in [0.4, 0.5) is 5.69 Å². The summed E-state index contributed by atoms with van der Waals surface area (Å²) in [4.78, 5) is 14.1. The lowest BCUT2D eigenvalue weighted by atomic mass is 10.3. The number of anilines is 1. The molecule has 0 atom stereocenters. The van der Waals surface area contributed by atoms with Gasteiger partial charge in [0.2, 0.25) is 0 Å². The Morgan fingerprint density at radius 3 is 2.94 bits per heavy atom. The molecule has 1 aliphatic rings. The van der Waals surface area contributed by atoms with Gasteiger partial charge >= 0.3 is 0 Å². The number of hydrogen-bond donors (Lipinski definition) is 1. The van der Waals surface area contributed by atoms with Crippen molar-refractivity contribution < 1.29 is 4.79 Å². The highest BCUT2D eigenvalue weighted by Crippen LogP contribution is 2.37. The molecule has 1 aromatic heterocycles. The molecule has 1 aromatic rings. The second kappa shape index (κ2) is 5.13. The summed E-state index contributed by atoms with van der Waals surface area (Å²) in [5, 5.41) is 8.61. The topological polar surface area (TPSA) is 75.1 Å². The Bertz CT molecular complexity index is 482. The first kappa shape index (κ1) is 12.5. The first-order valence-corrected chi connectivity index (χ1v) is 6.31. The van der Waals surface area contributed by atoms with E-state index in [9.17, 15) is 4.79 Å². The molecule has 1 amide bonds. The van der Waals surface area contributed by atoms with E-state index in [1.807, 2.05) is 17.7 Å². The monoisotopic (exact) mass is 246 g/mol. The molecule has 1 saturated carbocycles. The second-order valence-electron chi connectivity index (χ2n) is 4.59. The molecule has 5 nitrogen and oxygen atoms in total. The van der Waals surface area contributed by atoms with E-state index < -0.39 is 0 Å². The quantitative estimate of drug-likeness (QED) is 0.860. The Balaban J connectivity index is 2.18.